The summed E-state index contributed by atoms with van der Waals surface area (Å²) in [4.78, 5) is 4.62. The number of hydrogen-bond donors (Lipinski definition) is 1. The van der Waals surface area contributed by atoms with Gasteiger partial charge >= 0.3 is 79.1 Å². The van der Waals surface area contributed by atoms with Gasteiger partial charge in [0.1, 0.15) is 0 Å². The van der Waals surface area contributed by atoms with Crippen LogP contribution in [0.5, 0.6) is 0 Å². The van der Waals surface area contributed by atoms with Crippen molar-refractivity contribution < 1.29 is 26.3 Å². The maximum atomic E-state index is 9.46. The number of hydrogen-bond acceptors (Lipinski definition) is 2. The number of aliphatic hydroxyl groups is 1. The molecule has 2 unspecified atom stereocenters. The molecule has 0 bridgehead atoms. The Morgan fingerprint density at radius 1 is 1.73 bits per heavy atom. The summed E-state index contributed by atoms with van der Waals surface area (Å²) in [5.74, 6) is 0. The summed E-state index contributed by atoms with van der Waals surface area (Å²) in [6.45, 7) is 3.32. The normalized spacial score (nSPS) is 36.6. The van der Waals surface area contributed by atoms with E-state index in [2.05, 4.69) is 23.8 Å². The van der Waals surface area contributed by atoms with Gasteiger partial charge in [-0.05, 0) is 0 Å². The van der Waals surface area contributed by atoms with Crippen molar-refractivity contribution in [3.63, 3.8) is 0 Å². The van der Waals surface area contributed by atoms with E-state index in [1.54, 1.807) is 0 Å². The third-order valence-electron chi connectivity index (χ3n) is 2.35. The summed E-state index contributed by atoms with van der Waals surface area (Å²) in [7, 11) is 2.14. The van der Waals surface area contributed by atoms with E-state index in [0.717, 1.165) is 13.0 Å². The van der Waals surface area contributed by atoms with Crippen LogP contribution in [0.3, 0.4) is 0 Å². The van der Waals surface area contributed by atoms with E-state index in [9.17, 15) is 5.11 Å². The van der Waals surface area contributed by atoms with Gasteiger partial charge < -0.3 is 0 Å². The Morgan fingerprint density at radius 3 is 2.55 bits per heavy atom. The molecule has 1 saturated carbocycles. The van der Waals surface area contributed by atoms with Crippen LogP contribution in [0.2, 0.25) is 0 Å². The van der Waals surface area contributed by atoms with Gasteiger partial charge in [-0.1, -0.05) is 0 Å². The van der Waals surface area contributed by atoms with Gasteiger partial charge in [0.25, 0.3) is 0 Å². The van der Waals surface area contributed by atoms with Crippen molar-refractivity contribution in [1.29, 1.82) is 0 Å². The summed E-state index contributed by atoms with van der Waals surface area (Å²) < 4.78 is 0.259. The predicted octanol–water partition coefficient (Wildman–Crippen LogP) is -2.49. The van der Waals surface area contributed by atoms with Crippen molar-refractivity contribution in [3.05, 3.63) is 0 Å². The van der Waals surface area contributed by atoms with Crippen molar-refractivity contribution in [2.75, 3.05) is 18.5 Å². The average Bonchev–Trinajstić information content (AvgIpc) is 2.63. The van der Waals surface area contributed by atoms with Crippen LogP contribution in [-0.4, -0.2) is 38.2 Å². The fraction of sp³-hybridized carbons (Fsp3) is 1.00. The summed E-state index contributed by atoms with van der Waals surface area (Å²) >= 11 is 0.155. The van der Waals surface area contributed by atoms with Gasteiger partial charge in [-0.25, -0.2) is 0 Å². The van der Waals surface area contributed by atoms with Crippen molar-refractivity contribution in [2.45, 2.75) is 29.4 Å². The van der Waals surface area contributed by atoms with E-state index >= 15 is 0 Å². The number of aliphatic hydroxyl groups excluding tert-OH is 1. The molecule has 0 aromatic heterocycles. The standard InChI is InChI=1S/C8H17INO/c1-4-5-10(3)8(9-2)6-7(8)11/h7,11H,4-6H2,1-3H3/q-1. The van der Waals surface area contributed by atoms with E-state index in [4.69, 9.17) is 0 Å². The molecular formula is C8H17INO-. The third kappa shape index (κ3) is 1.70. The molecule has 0 saturated heterocycles. The van der Waals surface area contributed by atoms with Crippen molar-refractivity contribution >= 4 is 0 Å². The Bertz CT molecular complexity index is 138. The summed E-state index contributed by atoms with van der Waals surface area (Å²) in [5.41, 5.74) is 0. The Labute approximate surface area is 79.2 Å². The number of halogens is 1. The first kappa shape index (κ1) is 9.74. The number of likely N-dealkylation sites (N-methyl/N-ethyl adjacent to an activating group) is 1. The van der Waals surface area contributed by atoms with Crippen molar-refractivity contribution in [1.82, 2.24) is 4.90 Å². The first-order chi connectivity index (χ1) is 5.17. The molecule has 0 heterocycles. The minimum atomic E-state index is -0.0168. The third-order valence-corrected chi connectivity index (χ3v) is 6.20. The molecule has 11 heavy (non-hydrogen) atoms. The van der Waals surface area contributed by atoms with Crippen LogP contribution in [0.4, 0.5) is 0 Å². The Hall–Kier alpha value is 0.650. The molecule has 2 nitrogen and oxygen atoms in total. The molecular weight excluding hydrogens is 253 g/mol. The predicted molar refractivity (Wildman–Crippen MR) is 42.2 cm³/mol. The SMILES string of the molecule is CCCN(C)C1([I-]C)CC1O. The molecule has 1 aliphatic carbocycles. The fourth-order valence-corrected chi connectivity index (χ4v) is 4.13. The first-order valence-corrected chi connectivity index (χ1v) is 7.31. The molecule has 0 aliphatic heterocycles. The van der Waals surface area contributed by atoms with Gasteiger partial charge in [-0.3, -0.25) is 0 Å². The fourth-order valence-electron chi connectivity index (χ4n) is 1.49. The van der Waals surface area contributed by atoms with Crippen molar-refractivity contribution in [2.24, 2.45) is 0 Å². The van der Waals surface area contributed by atoms with E-state index in [1.807, 2.05) is 0 Å². The summed E-state index contributed by atoms with van der Waals surface area (Å²) in [5, 5.41) is 9.46. The Morgan fingerprint density at radius 2 is 2.27 bits per heavy atom. The maximum absolute atomic E-state index is 9.46. The molecule has 3 heteroatoms. The molecule has 0 spiro atoms. The van der Waals surface area contributed by atoms with Gasteiger partial charge in [0.05, 0.1) is 0 Å². The van der Waals surface area contributed by atoms with E-state index in [0.29, 0.717) is 0 Å². The number of nitrogens with zero attached hydrogens (tertiary/aromatic N) is 1. The molecule has 0 aromatic carbocycles. The second-order valence-corrected chi connectivity index (χ2v) is 6.10. The van der Waals surface area contributed by atoms with Crippen LogP contribution < -0.4 is 21.2 Å². The molecule has 0 aromatic rings. The number of alkyl halides is 2. The zero-order chi connectivity index (χ0) is 8.48. The van der Waals surface area contributed by atoms with Crippen LogP contribution in [0.25, 0.3) is 0 Å². The van der Waals surface area contributed by atoms with Crippen LogP contribution >= 0.6 is 0 Å². The second-order valence-electron chi connectivity index (χ2n) is 3.15. The Balaban J connectivity index is 2.44. The minimum absolute atomic E-state index is 0.0168. The molecule has 0 amide bonds. The molecule has 1 N–H and O–H groups in total. The summed E-state index contributed by atoms with van der Waals surface area (Å²) in [6, 6.07) is 0. The van der Waals surface area contributed by atoms with Gasteiger partial charge in [0, 0.05) is 0 Å². The van der Waals surface area contributed by atoms with Gasteiger partial charge in [-0.15, -0.1) is 0 Å². The molecule has 2 atom stereocenters. The van der Waals surface area contributed by atoms with E-state index in [-0.39, 0.29) is 30.9 Å². The average molecular weight is 270 g/mol. The zero-order valence-corrected chi connectivity index (χ0v) is 9.63. The van der Waals surface area contributed by atoms with Gasteiger partial charge in [-0.2, -0.15) is 0 Å². The van der Waals surface area contributed by atoms with Crippen LogP contribution in [0, 0.1) is 0 Å². The molecule has 1 fully saturated rings. The van der Waals surface area contributed by atoms with Gasteiger partial charge in [0.15, 0.2) is 0 Å². The molecule has 1 rings (SSSR count). The first-order valence-electron chi connectivity index (χ1n) is 4.07. The van der Waals surface area contributed by atoms with Crippen LogP contribution in [0.1, 0.15) is 19.8 Å². The van der Waals surface area contributed by atoms with Crippen LogP contribution in [-0.2, 0) is 0 Å². The number of rotatable bonds is 4. The van der Waals surface area contributed by atoms with E-state index in [1.165, 1.54) is 6.42 Å². The van der Waals surface area contributed by atoms with Crippen LogP contribution in [0.15, 0.2) is 0 Å². The van der Waals surface area contributed by atoms with Crippen molar-refractivity contribution in [3.8, 4) is 0 Å². The zero-order valence-electron chi connectivity index (χ0n) is 7.47. The van der Waals surface area contributed by atoms with Gasteiger partial charge in [0.2, 0.25) is 0 Å². The Kier molecular flexibility index (Phi) is 3.17. The molecule has 68 valence electrons. The quantitative estimate of drug-likeness (QED) is 0.347. The molecule has 1 aliphatic rings. The monoisotopic (exact) mass is 270 g/mol. The topological polar surface area (TPSA) is 23.5 Å². The second kappa shape index (κ2) is 3.58. The summed E-state index contributed by atoms with van der Waals surface area (Å²) in [6.07, 6.45) is 2.19. The molecule has 0 radical (unpaired) electrons. The van der Waals surface area contributed by atoms with E-state index < -0.39 is 0 Å².